The van der Waals surface area contributed by atoms with Gasteiger partial charge in [-0.1, -0.05) is 0 Å². The van der Waals surface area contributed by atoms with Crippen LogP contribution in [-0.2, 0) is 0 Å². The van der Waals surface area contributed by atoms with Crippen molar-refractivity contribution in [2.75, 3.05) is 60.0 Å². The molecule has 0 atom stereocenters. The SMILES string of the molecule is CC(C)N(C)CCN(C)CCN1CCC2(CC1)CC(CO)C2. The molecule has 1 saturated heterocycles. The molecular weight excluding hydrogens is 274 g/mol. The molecule has 0 bridgehead atoms. The van der Waals surface area contributed by atoms with Crippen molar-refractivity contribution in [2.45, 2.75) is 45.6 Å². The first-order chi connectivity index (χ1) is 10.4. The van der Waals surface area contributed by atoms with E-state index in [2.05, 4.69) is 42.6 Å². The molecule has 0 aromatic rings. The smallest absolute Gasteiger partial charge is 0.0459 e. The number of nitrogens with zero attached hydrogens (tertiary/aromatic N) is 3. The second-order valence-electron chi connectivity index (χ2n) is 8.18. The van der Waals surface area contributed by atoms with Gasteiger partial charge in [0.05, 0.1) is 0 Å². The van der Waals surface area contributed by atoms with Gasteiger partial charge in [0.15, 0.2) is 0 Å². The molecular formula is C18H37N3O. The van der Waals surface area contributed by atoms with E-state index in [0.717, 1.165) is 13.1 Å². The third kappa shape index (κ3) is 4.92. The highest BCUT2D eigenvalue weighted by Crippen LogP contribution is 2.52. The molecule has 22 heavy (non-hydrogen) atoms. The number of aliphatic hydroxyl groups is 1. The largest absolute Gasteiger partial charge is 0.396 e. The molecule has 1 N–H and O–H groups in total. The molecule has 2 fully saturated rings. The van der Waals surface area contributed by atoms with E-state index in [9.17, 15) is 5.11 Å². The number of rotatable bonds is 8. The third-order valence-electron chi connectivity index (χ3n) is 6.13. The van der Waals surface area contributed by atoms with Gasteiger partial charge in [-0.05, 0) is 78.0 Å². The summed E-state index contributed by atoms with van der Waals surface area (Å²) in [6.45, 7) is 12.1. The molecule has 4 nitrogen and oxygen atoms in total. The van der Waals surface area contributed by atoms with Gasteiger partial charge in [-0.15, -0.1) is 0 Å². The zero-order valence-electron chi connectivity index (χ0n) is 15.2. The quantitative estimate of drug-likeness (QED) is 0.739. The molecule has 130 valence electrons. The van der Waals surface area contributed by atoms with Crippen LogP contribution in [0.5, 0.6) is 0 Å². The lowest BCUT2D eigenvalue weighted by atomic mass is 9.58. The summed E-state index contributed by atoms with van der Waals surface area (Å²) in [6.07, 6.45) is 5.25. The van der Waals surface area contributed by atoms with Crippen LogP contribution in [-0.4, -0.2) is 85.8 Å². The Balaban J connectivity index is 1.57. The molecule has 0 radical (unpaired) electrons. The summed E-state index contributed by atoms with van der Waals surface area (Å²) in [5.41, 5.74) is 0.607. The van der Waals surface area contributed by atoms with Gasteiger partial charge in [-0.2, -0.15) is 0 Å². The van der Waals surface area contributed by atoms with Crippen LogP contribution in [0.15, 0.2) is 0 Å². The van der Waals surface area contributed by atoms with E-state index in [4.69, 9.17) is 0 Å². The maximum atomic E-state index is 9.20. The van der Waals surface area contributed by atoms with Crippen molar-refractivity contribution in [1.29, 1.82) is 0 Å². The first kappa shape index (κ1) is 18.2. The summed E-state index contributed by atoms with van der Waals surface area (Å²) < 4.78 is 0. The molecule has 1 saturated carbocycles. The van der Waals surface area contributed by atoms with Crippen molar-refractivity contribution in [3.63, 3.8) is 0 Å². The van der Waals surface area contributed by atoms with Crippen LogP contribution in [0.4, 0.5) is 0 Å². The predicted octanol–water partition coefficient (Wildman–Crippen LogP) is 1.74. The van der Waals surface area contributed by atoms with E-state index in [-0.39, 0.29) is 0 Å². The maximum Gasteiger partial charge on any atom is 0.0459 e. The Bertz CT molecular complexity index is 318. The third-order valence-corrected chi connectivity index (χ3v) is 6.13. The van der Waals surface area contributed by atoms with Crippen LogP contribution < -0.4 is 0 Å². The van der Waals surface area contributed by atoms with Gasteiger partial charge in [0, 0.05) is 38.8 Å². The molecule has 2 aliphatic rings. The number of hydrogen-bond donors (Lipinski definition) is 1. The molecule has 0 aromatic carbocycles. The number of likely N-dealkylation sites (N-methyl/N-ethyl adjacent to an activating group) is 2. The fraction of sp³-hybridized carbons (Fsp3) is 1.00. The van der Waals surface area contributed by atoms with Crippen molar-refractivity contribution in [3.8, 4) is 0 Å². The van der Waals surface area contributed by atoms with Crippen LogP contribution >= 0.6 is 0 Å². The molecule has 0 unspecified atom stereocenters. The van der Waals surface area contributed by atoms with Gasteiger partial charge in [0.2, 0.25) is 0 Å². The normalized spacial score (nSPS) is 22.9. The maximum absolute atomic E-state index is 9.20. The number of likely N-dealkylation sites (tertiary alicyclic amines) is 1. The Labute approximate surface area is 137 Å². The summed E-state index contributed by atoms with van der Waals surface area (Å²) in [5, 5.41) is 9.20. The Hall–Kier alpha value is -0.160. The Morgan fingerprint density at radius 2 is 1.73 bits per heavy atom. The minimum Gasteiger partial charge on any atom is -0.396 e. The van der Waals surface area contributed by atoms with Crippen LogP contribution in [0, 0.1) is 11.3 Å². The lowest BCUT2D eigenvalue weighted by molar-refractivity contribution is -0.0345. The van der Waals surface area contributed by atoms with Crippen molar-refractivity contribution >= 4 is 0 Å². The zero-order chi connectivity index (χ0) is 16.2. The standard InChI is InChI=1S/C18H37N3O/c1-16(2)20(4)11-9-19(3)10-12-21-7-5-18(6-8-21)13-17(14-18)15-22/h16-17,22H,5-15H2,1-4H3. The molecule has 1 aliphatic carbocycles. The summed E-state index contributed by atoms with van der Waals surface area (Å²) in [5.74, 6) is 0.607. The molecule has 0 amide bonds. The van der Waals surface area contributed by atoms with Crippen molar-refractivity contribution in [3.05, 3.63) is 0 Å². The minimum absolute atomic E-state index is 0.404. The van der Waals surface area contributed by atoms with E-state index < -0.39 is 0 Å². The highest BCUT2D eigenvalue weighted by atomic mass is 16.3. The monoisotopic (exact) mass is 311 g/mol. The summed E-state index contributed by atoms with van der Waals surface area (Å²) in [7, 11) is 4.46. The predicted molar refractivity (Wildman–Crippen MR) is 93.2 cm³/mol. The summed E-state index contributed by atoms with van der Waals surface area (Å²) >= 11 is 0. The average Bonchev–Trinajstić information content (AvgIpc) is 2.48. The van der Waals surface area contributed by atoms with Crippen molar-refractivity contribution in [2.24, 2.45) is 11.3 Å². The summed E-state index contributed by atoms with van der Waals surface area (Å²) in [6, 6.07) is 0.636. The van der Waals surface area contributed by atoms with Crippen LogP contribution in [0.3, 0.4) is 0 Å². The lowest BCUT2D eigenvalue weighted by Gasteiger charge is -2.52. The molecule has 1 heterocycles. The van der Waals surface area contributed by atoms with Gasteiger partial charge in [0.1, 0.15) is 0 Å². The number of aliphatic hydroxyl groups excluding tert-OH is 1. The highest BCUT2D eigenvalue weighted by Gasteiger charge is 2.45. The van der Waals surface area contributed by atoms with E-state index in [1.165, 1.54) is 51.9 Å². The average molecular weight is 312 g/mol. The van der Waals surface area contributed by atoms with Gasteiger partial charge in [0.25, 0.3) is 0 Å². The summed E-state index contributed by atoms with van der Waals surface area (Å²) in [4.78, 5) is 7.52. The number of piperidine rings is 1. The van der Waals surface area contributed by atoms with E-state index in [1.807, 2.05) is 0 Å². The fourth-order valence-corrected chi connectivity index (χ4v) is 3.96. The van der Waals surface area contributed by atoms with Crippen LogP contribution in [0.2, 0.25) is 0 Å². The first-order valence-corrected chi connectivity index (χ1v) is 9.16. The molecule has 1 aliphatic heterocycles. The molecule has 2 rings (SSSR count). The van der Waals surface area contributed by atoms with Gasteiger partial charge >= 0.3 is 0 Å². The number of hydrogen-bond acceptors (Lipinski definition) is 4. The van der Waals surface area contributed by atoms with E-state index in [0.29, 0.717) is 24.0 Å². The van der Waals surface area contributed by atoms with Gasteiger partial charge < -0.3 is 19.8 Å². The van der Waals surface area contributed by atoms with Gasteiger partial charge in [-0.25, -0.2) is 0 Å². The topological polar surface area (TPSA) is 30.0 Å². The molecule has 0 aromatic heterocycles. The Kier molecular flexibility index (Phi) is 6.69. The first-order valence-electron chi connectivity index (χ1n) is 9.16. The van der Waals surface area contributed by atoms with E-state index in [1.54, 1.807) is 0 Å². The highest BCUT2D eigenvalue weighted by molar-refractivity contribution is 4.96. The van der Waals surface area contributed by atoms with Crippen molar-refractivity contribution in [1.82, 2.24) is 14.7 Å². The fourth-order valence-electron chi connectivity index (χ4n) is 3.96. The van der Waals surface area contributed by atoms with Crippen LogP contribution in [0.25, 0.3) is 0 Å². The van der Waals surface area contributed by atoms with E-state index >= 15 is 0 Å². The van der Waals surface area contributed by atoms with Crippen LogP contribution in [0.1, 0.15) is 39.5 Å². The molecule has 4 heteroatoms. The molecule has 1 spiro atoms. The Morgan fingerprint density at radius 1 is 1.09 bits per heavy atom. The lowest BCUT2D eigenvalue weighted by Crippen LogP contribution is -2.49. The Morgan fingerprint density at radius 3 is 2.27 bits per heavy atom. The zero-order valence-corrected chi connectivity index (χ0v) is 15.2. The second kappa shape index (κ2) is 8.09. The van der Waals surface area contributed by atoms with Gasteiger partial charge in [-0.3, -0.25) is 0 Å². The minimum atomic E-state index is 0.404. The second-order valence-corrected chi connectivity index (χ2v) is 8.18. The van der Waals surface area contributed by atoms with Crippen molar-refractivity contribution < 1.29 is 5.11 Å².